The van der Waals surface area contributed by atoms with E-state index in [9.17, 15) is 9.59 Å². The van der Waals surface area contributed by atoms with Crippen molar-refractivity contribution in [3.63, 3.8) is 0 Å². The summed E-state index contributed by atoms with van der Waals surface area (Å²) in [4.78, 5) is 26.0. The first kappa shape index (κ1) is 31.8. The van der Waals surface area contributed by atoms with Crippen LogP contribution in [0, 0.1) is 17.8 Å². The summed E-state index contributed by atoms with van der Waals surface area (Å²) >= 11 is 0. The van der Waals surface area contributed by atoms with Gasteiger partial charge in [0.2, 0.25) is 0 Å². The predicted molar refractivity (Wildman–Crippen MR) is 161 cm³/mol. The summed E-state index contributed by atoms with van der Waals surface area (Å²) in [7, 11) is -4.12. The van der Waals surface area contributed by atoms with E-state index in [1.54, 1.807) is 0 Å². The fraction of sp³-hybridized carbons (Fsp3) is 0.677. The molecule has 0 aromatic heterocycles. The molecule has 3 fully saturated rings. The van der Waals surface area contributed by atoms with E-state index in [1.165, 1.54) is 0 Å². The van der Waals surface area contributed by atoms with Crippen LogP contribution in [-0.4, -0.2) is 53.5 Å². The second kappa shape index (κ2) is 10.6. The van der Waals surface area contributed by atoms with Crippen LogP contribution < -0.4 is 0 Å². The second-order valence-electron chi connectivity index (χ2n) is 14.7. The van der Waals surface area contributed by atoms with Crippen LogP contribution in [0.3, 0.4) is 0 Å². The van der Waals surface area contributed by atoms with Gasteiger partial charge in [0.05, 0.1) is 24.2 Å². The summed E-state index contributed by atoms with van der Waals surface area (Å²) in [5, 5.41) is 0.0661. The van der Waals surface area contributed by atoms with Crippen molar-refractivity contribution in [1.29, 1.82) is 0 Å². The van der Waals surface area contributed by atoms with Crippen LogP contribution in [0.1, 0.15) is 54.4 Å². The fourth-order valence-corrected chi connectivity index (χ4v) is 7.55. The number of carbonyl (C=O) groups is 2. The number of hydrogen-bond donors (Lipinski definition) is 0. The molecule has 1 aliphatic heterocycles. The van der Waals surface area contributed by atoms with E-state index in [1.807, 2.05) is 0 Å². The van der Waals surface area contributed by atoms with Gasteiger partial charge in [-0.15, -0.1) is 0 Å². The molecule has 0 N–H and O–H groups in total. The molecular formula is C31H50O6Si2. The summed E-state index contributed by atoms with van der Waals surface area (Å²) in [6, 6.07) is 0. The monoisotopic (exact) mass is 574 g/mol. The van der Waals surface area contributed by atoms with Gasteiger partial charge in [-0.05, 0) is 54.2 Å². The van der Waals surface area contributed by atoms with Crippen molar-refractivity contribution < 1.29 is 27.9 Å². The van der Waals surface area contributed by atoms with Gasteiger partial charge < -0.3 is 18.3 Å². The fourth-order valence-electron chi connectivity index (χ4n) is 5.27. The normalized spacial score (nSPS) is 30.0. The maximum Gasteiger partial charge on any atom is 0.336 e. The zero-order valence-corrected chi connectivity index (χ0v) is 27.9. The van der Waals surface area contributed by atoms with Crippen molar-refractivity contribution in [3.05, 3.63) is 48.6 Å². The average Bonchev–Trinajstić information content (AvgIpc) is 3.21. The number of rotatable bonds is 7. The van der Waals surface area contributed by atoms with Crippen molar-refractivity contribution in [2.75, 3.05) is 6.61 Å². The van der Waals surface area contributed by atoms with Gasteiger partial charge in [-0.1, -0.05) is 73.4 Å². The van der Waals surface area contributed by atoms with Gasteiger partial charge in [0.15, 0.2) is 16.6 Å². The van der Waals surface area contributed by atoms with Crippen LogP contribution in [0.2, 0.25) is 36.3 Å². The number of esters is 2. The smallest absolute Gasteiger partial charge is 0.336 e. The minimum Gasteiger partial charge on any atom is -0.458 e. The molecule has 3 rings (SSSR count). The van der Waals surface area contributed by atoms with E-state index in [2.05, 4.69) is 94.0 Å². The molecule has 39 heavy (non-hydrogen) atoms. The lowest BCUT2D eigenvalue weighted by Crippen LogP contribution is -2.44. The standard InChI is InChI=1S/C31H50O6Si2/c1-18-15-24(35-28(32)19(2)17-34-38(11,12)30(5,6)7)26-21(4)29(33)36-27(26)25-20(3)23(16-22(18)25)37-39(13,14)31(8,9)10/h22-27H,1-4,15-17H2,5-14H3/t22-,23-,24-,25-,26+,27+/m0/s1. The summed E-state index contributed by atoms with van der Waals surface area (Å²) < 4.78 is 24.9. The summed E-state index contributed by atoms with van der Waals surface area (Å²) in [5.41, 5.74) is 2.48. The highest BCUT2D eigenvalue weighted by Gasteiger charge is 2.58. The van der Waals surface area contributed by atoms with Gasteiger partial charge in [-0.3, -0.25) is 0 Å². The first-order chi connectivity index (χ1) is 17.6. The molecule has 0 aromatic carbocycles. The third kappa shape index (κ3) is 6.14. The highest BCUT2D eigenvalue weighted by atomic mass is 28.4. The lowest BCUT2D eigenvalue weighted by Gasteiger charge is -2.39. The van der Waals surface area contributed by atoms with E-state index in [-0.39, 0.29) is 40.2 Å². The van der Waals surface area contributed by atoms with Crippen LogP contribution in [0.15, 0.2) is 48.6 Å². The third-order valence-corrected chi connectivity index (χ3v) is 18.9. The SMILES string of the molecule is C=C(CO[Si](C)(C)C(C)(C)C)C(=O)O[C@H]1CC(=C)[C@@H]2C[C@H](O[Si](C)(C)C(C)(C)C)C(=C)[C@@H]2[C@H]2OC(=O)C(=C)[C@@H]21. The Morgan fingerprint density at radius 1 is 0.974 bits per heavy atom. The van der Waals surface area contributed by atoms with Crippen LogP contribution in [-0.2, 0) is 27.9 Å². The predicted octanol–water partition coefficient (Wildman–Crippen LogP) is 7.12. The highest BCUT2D eigenvalue weighted by molar-refractivity contribution is 6.74. The van der Waals surface area contributed by atoms with Crippen molar-refractivity contribution in [2.24, 2.45) is 17.8 Å². The largest absolute Gasteiger partial charge is 0.458 e. The van der Waals surface area contributed by atoms with E-state index in [0.717, 1.165) is 17.6 Å². The zero-order chi connectivity index (χ0) is 29.9. The van der Waals surface area contributed by atoms with E-state index in [4.69, 9.17) is 18.3 Å². The van der Waals surface area contributed by atoms with Crippen LogP contribution in [0.4, 0.5) is 0 Å². The Morgan fingerprint density at radius 3 is 2.08 bits per heavy atom. The average molecular weight is 575 g/mol. The molecule has 0 unspecified atom stereocenters. The number of hydrogen-bond acceptors (Lipinski definition) is 6. The Hall–Kier alpha value is -1.75. The first-order valence-electron chi connectivity index (χ1n) is 14.1. The maximum absolute atomic E-state index is 13.2. The van der Waals surface area contributed by atoms with Crippen LogP contribution >= 0.6 is 0 Å². The van der Waals surface area contributed by atoms with E-state index < -0.39 is 46.7 Å². The van der Waals surface area contributed by atoms with Crippen LogP contribution in [0.25, 0.3) is 0 Å². The molecule has 1 heterocycles. The van der Waals surface area contributed by atoms with E-state index in [0.29, 0.717) is 12.0 Å². The Kier molecular flexibility index (Phi) is 8.62. The van der Waals surface area contributed by atoms with Crippen molar-refractivity contribution in [3.8, 4) is 0 Å². The molecule has 0 amide bonds. The minimum absolute atomic E-state index is 0.00899. The molecule has 2 saturated carbocycles. The summed E-state index contributed by atoms with van der Waals surface area (Å²) in [6.07, 6.45) is -0.131. The number of carbonyl (C=O) groups excluding carboxylic acids is 2. The highest BCUT2D eigenvalue weighted by Crippen LogP contribution is 2.54. The first-order valence-corrected chi connectivity index (χ1v) is 19.9. The third-order valence-electron chi connectivity index (χ3n) is 9.95. The lowest BCUT2D eigenvalue weighted by atomic mass is 9.81. The van der Waals surface area contributed by atoms with E-state index >= 15 is 0 Å². The lowest BCUT2D eigenvalue weighted by molar-refractivity contribution is -0.148. The second-order valence-corrected chi connectivity index (χ2v) is 24.3. The molecule has 3 aliphatic rings. The van der Waals surface area contributed by atoms with Crippen molar-refractivity contribution >= 4 is 28.6 Å². The molecule has 1 saturated heterocycles. The van der Waals surface area contributed by atoms with Crippen LogP contribution in [0.5, 0.6) is 0 Å². The molecule has 0 aromatic rings. The maximum atomic E-state index is 13.2. The minimum atomic E-state index is -2.07. The molecule has 8 heteroatoms. The molecule has 218 valence electrons. The number of ether oxygens (including phenoxy) is 2. The Balaban J connectivity index is 1.81. The van der Waals surface area contributed by atoms with Crippen molar-refractivity contribution in [1.82, 2.24) is 0 Å². The quantitative estimate of drug-likeness (QED) is 0.140. The molecule has 0 radical (unpaired) electrons. The summed E-state index contributed by atoms with van der Waals surface area (Å²) in [5.74, 6) is -1.59. The zero-order valence-electron chi connectivity index (χ0n) is 25.9. The van der Waals surface area contributed by atoms with Gasteiger partial charge in [0.25, 0.3) is 0 Å². The van der Waals surface area contributed by atoms with Gasteiger partial charge >= 0.3 is 11.9 Å². The number of fused-ring (bicyclic) bond motifs is 3. The molecular weight excluding hydrogens is 525 g/mol. The molecule has 0 bridgehead atoms. The topological polar surface area (TPSA) is 71.1 Å². The molecule has 2 aliphatic carbocycles. The van der Waals surface area contributed by atoms with Gasteiger partial charge in [-0.25, -0.2) is 9.59 Å². The van der Waals surface area contributed by atoms with Gasteiger partial charge in [-0.2, -0.15) is 0 Å². The molecule has 6 atom stereocenters. The van der Waals surface area contributed by atoms with Gasteiger partial charge in [0.1, 0.15) is 12.2 Å². The molecule has 6 nitrogen and oxygen atoms in total. The Bertz CT molecular complexity index is 1070. The molecule has 0 spiro atoms. The Morgan fingerprint density at radius 2 is 1.54 bits per heavy atom. The van der Waals surface area contributed by atoms with Gasteiger partial charge in [0, 0.05) is 17.9 Å². The summed E-state index contributed by atoms with van der Waals surface area (Å²) in [6.45, 7) is 38.8. The van der Waals surface area contributed by atoms with Crippen molar-refractivity contribution in [2.45, 2.75) is 109 Å². The Labute approximate surface area is 238 Å².